The molecule has 1 rings (SSSR count). The molecular formula is C12H15BrN2O3. The standard InChI is InChI=1S/C12H15BrN2O3/c1-3-7(2)10(12(17)18)15-11(16)8-4-5-14-6-9(8)13/h4-7,10H,3H2,1-2H3,(H,15,16)(H,17,18). The van der Waals surface area contributed by atoms with Crippen molar-refractivity contribution in [3.63, 3.8) is 0 Å². The van der Waals surface area contributed by atoms with Crippen LogP contribution in [-0.2, 0) is 4.79 Å². The van der Waals surface area contributed by atoms with Crippen molar-refractivity contribution in [2.45, 2.75) is 26.3 Å². The zero-order chi connectivity index (χ0) is 13.7. The molecule has 2 atom stereocenters. The van der Waals surface area contributed by atoms with E-state index in [1.54, 1.807) is 6.92 Å². The zero-order valence-electron chi connectivity index (χ0n) is 10.2. The highest BCUT2D eigenvalue weighted by molar-refractivity contribution is 9.10. The minimum Gasteiger partial charge on any atom is -0.480 e. The fraction of sp³-hybridized carbons (Fsp3) is 0.417. The van der Waals surface area contributed by atoms with Gasteiger partial charge < -0.3 is 10.4 Å². The quantitative estimate of drug-likeness (QED) is 0.872. The number of hydrogen-bond acceptors (Lipinski definition) is 3. The Morgan fingerprint density at radius 3 is 2.72 bits per heavy atom. The Morgan fingerprint density at radius 2 is 2.22 bits per heavy atom. The number of carbonyl (C=O) groups excluding carboxylic acids is 1. The summed E-state index contributed by atoms with van der Waals surface area (Å²) in [5.74, 6) is -1.58. The summed E-state index contributed by atoms with van der Waals surface area (Å²) >= 11 is 3.21. The predicted molar refractivity (Wildman–Crippen MR) is 70.3 cm³/mol. The van der Waals surface area contributed by atoms with Crippen LogP contribution in [0.25, 0.3) is 0 Å². The number of amides is 1. The summed E-state index contributed by atoms with van der Waals surface area (Å²) < 4.78 is 0.538. The van der Waals surface area contributed by atoms with E-state index in [0.29, 0.717) is 16.5 Å². The summed E-state index contributed by atoms with van der Waals surface area (Å²) in [6.45, 7) is 3.68. The fourth-order valence-electron chi connectivity index (χ4n) is 1.46. The molecular weight excluding hydrogens is 300 g/mol. The van der Waals surface area contributed by atoms with Gasteiger partial charge in [-0.1, -0.05) is 20.3 Å². The van der Waals surface area contributed by atoms with Crippen molar-refractivity contribution in [2.24, 2.45) is 5.92 Å². The molecule has 0 aromatic carbocycles. The lowest BCUT2D eigenvalue weighted by Crippen LogP contribution is -2.45. The van der Waals surface area contributed by atoms with Crippen LogP contribution in [0.3, 0.4) is 0 Å². The first-order chi connectivity index (χ1) is 8.47. The van der Waals surface area contributed by atoms with E-state index in [1.807, 2.05) is 6.92 Å². The van der Waals surface area contributed by atoms with Gasteiger partial charge in [-0.15, -0.1) is 0 Å². The van der Waals surface area contributed by atoms with Crippen molar-refractivity contribution in [3.05, 3.63) is 28.5 Å². The van der Waals surface area contributed by atoms with E-state index >= 15 is 0 Å². The smallest absolute Gasteiger partial charge is 0.326 e. The van der Waals surface area contributed by atoms with Crippen molar-refractivity contribution in [1.29, 1.82) is 0 Å². The minimum atomic E-state index is -1.03. The molecule has 0 bridgehead atoms. The van der Waals surface area contributed by atoms with Crippen LogP contribution in [0.2, 0.25) is 0 Å². The zero-order valence-corrected chi connectivity index (χ0v) is 11.8. The fourth-order valence-corrected chi connectivity index (χ4v) is 1.89. The van der Waals surface area contributed by atoms with Crippen LogP contribution < -0.4 is 5.32 Å². The number of carbonyl (C=O) groups is 2. The lowest BCUT2D eigenvalue weighted by molar-refractivity contribution is -0.140. The molecule has 0 fully saturated rings. The SMILES string of the molecule is CCC(C)C(NC(=O)c1ccncc1Br)C(=O)O. The third-order valence-electron chi connectivity index (χ3n) is 2.78. The van der Waals surface area contributed by atoms with Crippen LogP contribution in [0.15, 0.2) is 22.9 Å². The van der Waals surface area contributed by atoms with Crippen molar-refractivity contribution >= 4 is 27.8 Å². The Morgan fingerprint density at radius 1 is 1.56 bits per heavy atom. The van der Waals surface area contributed by atoms with E-state index in [0.717, 1.165) is 0 Å². The monoisotopic (exact) mass is 314 g/mol. The Balaban J connectivity index is 2.86. The molecule has 0 spiro atoms. The number of rotatable bonds is 5. The molecule has 0 aliphatic rings. The number of aromatic nitrogens is 1. The van der Waals surface area contributed by atoms with Crippen LogP contribution in [0.5, 0.6) is 0 Å². The molecule has 1 amide bonds. The van der Waals surface area contributed by atoms with E-state index < -0.39 is 17.9 Å². The molecule has 0 saturated carbocycles. The van der Waals surface area contributed by atoms with Gasteiger partial charge in [-0.3, -0.25) is 9.78 Å². The normalized spacial score (nSPS) is 13.7. The Hall–Kier alpha value is -1.43. The molecule has 1 heterocycles. The summed E-state index contributed by atoms with van der Waals surface area (Å²) in [4.78, 5) is 26.9. The van der Waals surface area contributed by atoms with E-state index in [4.69, 9.17) is 5.11 Å². The molecule has 18 heavy (non-hydrogen) atoms. The van der Waals surface area contributed by atoms with Gasteiger partial charge >= 0.3 is 5.97 Å². The highest BCUT2D eigenvalue weighted by atomic mass is 79.9. The van der Waals surface area contributed by atoms with Crippen LogP contribution >= 0.6 is 15.9 Å². The number of carboxylic acid groups (broad SMARTS) is 1. The van der Waals surface area contributed by atoms with Gasteiger partial charge in [0.15, 0.2) is 0 Å². The topological polar surface area (TPSA) is 79.3 Å². The average Bonchev–Trinajstić information content (AvgIpc) is 2.35. The molecule has 2 N–H and O–H groups in total. The second kappa shape index (κ2) is 6.49. The van der Waals surface area contributed by atoms with E-state index in [-0.39, 0.29) is 5.92 Å². The maximum Gasteiger partial charge on any atom is 0.326 e. The molecule has 0 aliphatic heterocycles. The van der Waals surface area contributed by atoms with Gasteiger partial charge in [0.2, 0.25) is 0 Å². The lowest BCUT2D eigenvalue weighted by Gasteiger charge is -2.20. The first-order valence-corrected chi connectivity index (χ1v) is 6.39. The van der Waals surface area contributed by atoms with Gasteiger partial charge in [-0.25, -0.2) is 4.79 Å². The van der Waals surface area contributed by atoms with Gasteiger partial charge in [-0.05, 0) is 27.9 Å². The van der Waals surface area contributed by atoms with E-state index in [9.17, 15) is 9.59 Å². The second-order valence-corrected chi connectivity index (χ2v) is 4.88. The summed E-state index contributed by atoms with van der Waals surface area (Å²) in [6.07, 6.45) is 3.65. The highest BCUT2D eigenvalue weighted by Gasteiger charge is 2.26. The molecule has 0 aliphatic carbocycles. The van der Waals surface area contributed by atoms with Crippen molar-refractivity contribution in [1.82, 2.24) is 10.3 Å². The predicted octanol–water partition coefficient (Wildman–Crippen LogP) is 2.07. The molecule has 1 aromatic heterocycles. The number of pyridine rings is 1. The number of nitrogens with one attached hydrogen (secondary N) is 1. The molecule has 6 heteroatoms. The average molecular weight is 315 g/mol. The van der Waals surface area contributed by atoms with Gasteiger partial charge in [0.1, 0.15) is 6.04 Å². The van der Waals surface area contributed by atoms with Gasteiger partial charge in [0.25, 0.3) is 5.91 Å². The molecule has 0 radical (unpaired) electrons. The number of aliphatic carboxylic acids is 1. The van der Waals surface area contributed by atoms with Crippen molar-refractivity contribution in [3.8, 4) is 0 Å². The number of carboxylic acids is 1. The molecule has 98 valence electrons. The first kappa shape index (κ1) is 14.6. The van der Waals surface area contributed by atoms with Crippen LogP contribution in [-0.4, -0.2) is 28.0 Å². The van der Waals surface area contributed by atoms with E-state index in [1.165, 1.54) is 18.5 Å². The molecule has 1 aromatic rings. The highest BCUT2D eigenvalue weighted by Crippen LogP contribution is 2.15. The van der Waals surface area contributed by atoms with Gasteiger partial charge in [-0.2, -0.15) is 0 Å². The Labute approximate surface area is 114 Å². The summed E-state index contributed by atoms with van der Waals surface area (Å²) in [5.41, 5.74) is 0.375. The summed E-state index contributed by atoms with van der Waals surface area (Å²) in [7, 11) is 0. The van der Waals surface area contributed by atoms with Crippen LogP contribution in [0, 0.1) is 5.92 Å². The minimum absolute atomic E-state index is 0.132. The van der Waals surface area contributed by atoms with Crippen molar-refractivity contribution < 1.29 is 14.7 Å². The number of nitrogens with zero attached hydrogens (tertiary/aromatic N) is 1. The van der Waals surface area contributed by atoms with Gasteiger partial charge in [0.05, 0.1) is 5.56 Å². The largest absolute Gasteiger partial charge is 0.480 e. The first-order valence-electron chi connectivity index (χ1n) is 5.60. The summed E-state index contributed by atoms with van der Waals surface area (Å²) in [6, 6.07) is 0.650. The maximum absolute atomic E-state index is 12.0. The van der Waals surface area contributed by atoms with Crippen molar-refractivity contribution in [2.75, 3.05) is 0 Å². The molecule has 2 unspecified atom stereocenters. The molecule has 0 saturated heterocycles. The third kappa shape index (κ3) is 3.53. The second-order valence-electron chi connectivity index (χ2n) is 4.03. The maximum atomic E-state index is 12.0. The summed E-state index contributed by atoms with van der Waals surface area (Å²) in [5, 5.41) is 11.6. The Bertz CT molecular complexity index is 451. The molecule has 5 nitrogen and oxygen atoms in total. The number of hydrogen-bond donors (Lipinski definition) is 2. The lowest BCUT2D eigenvalue weighted by atomic mass is 9.99. The van der Waals surface area contributed by atoms with Gasteiger partial charge in [0, 0.05) is 16.9 Å². The number of halogens is 1. The Kier molecular flexibility index (Phi) is 5.27. The van der Waals surface area contributed by atoms with E-state index in [2.05, 4.69) is 26.2 Å². The van der Waals surface area contributed by atoms with Crippen LogP contribution in [0.4, 0.5) is 0 Å². The van der Waals surface area contributed by atoms with Crippen LogP contribution in [0.1, 0.15) is 30.6 Å². The third-order valence-corrected chi connectivity index (χ3v) is 3.41.